The maximum Gasteiger partial charge on any atom is 0.193 e. The zero-order chi connectivity index (χ0) is 33.7. The second kappa shape index (κ2) is 14.5. The van der Waals surface area contributed by atoms with Crippen LogP contribution in [0.25, 0.3) is 32.7 Å². The van der Waals surface area contributed by atoms with Crippen LogP contribution in [0.3, 0.4) is 0 Å². The monoisotopic (exact) mass is 661 g/mol. The van der Waals surface area contributed by atoms with Gasteiger partial charge >= 0.3 is 0 Å². The number of carbonyl (C=O) groups is 1. The molecule has 50 heavy (non-hydrogen) atoms. The molecule has 1 saturated heterocycles. The van der Waals surface area contributed by atoms with Crippen molar-refractivity contribution in [2.24, 2.45) is 0 Å². The molecule has 0 aliphatic carbocycles. The molecule has 0 amide bonds. The van der Waals surface area contributed by atoms with Gasteiger partial charge in [-0.2, -0.15) is 0 Å². The summed E-state index contributed by atoms with van der Waals surface area (Å²) in [6, 6.07) is 41.4. The van der Waals surface area contributed by atoms with Crippen LogP contribution >= 0.6 is 0 Å². The number of ketones is 1. The van der Waals surface area contributed by atoms with E-state index in [0.29, 0.717) is 47.9 Å². The number of fused-ring (bicyclic) bond motifs is 5. The average Bonchev–Trinajstić information content (AvgIpc) is 3.55. The highest BCUT2D eigenvalue weighted by molar-refractivity contribution is 6.26. The Morgan fingerprint density at radius 2 is 1.20 bits per heavy atom. The fraction of sp³-hybridized carbons (Fsp3) is 0.205. The van der Waals surface area contributed by atoms with Crippen LogP contribution in [0, 0.1) is 0 Å². The maximum atomic E-state index is 14.3. The Balaban J connectivity index is 1.11. The van der Waals surface area contributed by atoms with Gasteiger partial charge in [0.15, 0.2) is 5.78 Å². The molecule has 1 aromatic heterocycles. The van der Waals surface area contributed by atoms with E-state index in [1.807, 2.05) is 127 Å². The second-order valence-electron chi connectivity index (χ2n) is 12.9. The summed E-state index contributed by atoms with van der Waals surface area (Å²) in [4.78, 5) is 16.7. The quantitative estimate of drug-likeness (QED) is 0.122. The van der Waals surface area contributed by atoms with Gasteiger partial charge in [0.25, 0.3) is 0 Å². The lowest BCUT2D eigenvalue weighted by molar-refractivity contribution is 0.104. The van der Waals surface area contributed by atoms with Crippen molar-refractivity contribution in [3.8, 4) is 17.2 Å². The summed E-state index contributed by atoms with van der Waals surface area (Å²) < 4.78 is 24.8. The number of carbonyl (C=O) groups excluding carboxylic acids is 1. The molecule has 2 heterocycles. The normalized spacial score (nSPS) is 13.5. The molecule has 0 radical (unpaired) electrons. The van der Waals surface area contributed by atoms with Crippen LogP contribution in [0.15, 0.2) is 132 Å². The Hall–Kier alpha value is -5.59. The Labute approximate surface area is 291 Å². The minimum absolute atomic E-state index is 0.0932. The molecule has 0 N–H and O–H groups in total. The molecular formula is C44H39NO5. The highest BCUT2D eigenvalue weighted by Gasteiger charge is 2.20. The molecule has 1 aliphatic rings. The number of piperidine rings is 1. The van der Waals surface area contributed by atoms with Crippen molar-refractivity contribution in [2.75, 3.05) is 26.2 Å². The van der Waals surface area contributed by atoms with Gasteiger partial charge in [0.05, 0.1) is 0 Å². The predicted molar refractivity (Wildman–Crippen MR) is 198 cm³/mol. The molecule has 0 unspecified atom stereocenters. The molecule has 8 rings (SSSR count). The van der Waals surface area contributed by atoms with Crippen LogP contribution in [-0.2, 0) is 13.2 Å². The van der Waals surface area contributed by atoms with Crippen molar-refractivity contribution in [1.29, 1.82) is 0 Å². The maximum absolute atomic E-state index is 14.3. The number of hydrogen-bond acceptors (Lipinski definition) is 6. The summed E-state index contributed by atoms with van der Waals surface area (Å²) >= 11 is 0. The molecule has 6 aromatic carbocycles. The molecule has 7 aromatic rings. The molecule has 0 spiro atoms. The summed E-state index contributed by atoms with van der Waals surface area (Å²) in [6.45, 7) is 4.72. The van der Waals surface area contributed by atoms with Gasteiger partial charge in [0.2, 0.25) is 0 Å². The SMILES string of the molecule is O=C(c1ccc(OCCN2CCCCC2)cc1)c1cc2oc3cc(OCc4ccccc4)ccc3c2c2ccc(OCc3ccccc3)cc12. The first-order valence-corrected chi connectivity index (χ1v) is 17.4. The van der Waals surface area contributed by atoms with E-state index in [9.17, 15) is 4.79 Å². The Morgan fingerprint density at radius 3 is 1.88 bits per heavy atom. The van der Waals surface area contributed by atoms with Crippen LogP contribution in [-0.4, -0.2) is 36.9 Å². The first-order valence-electron chi connectivity index (χ1n) is 17.4. The van der Waals surface area contributed by atoms with Gasteiger partial charge in [0.1, 0.15) is 48.2 Å². The van der Waals surface area contributed by atoms with Gasteiger partial charge in [-0.15, -0.1) is 0 Å². The predicted octanol–water partition coefficient (Wildman–Crippen LogP) is 9.99. The molecule has 1 aliphatic heterocycles. The third-order valence-corrected chi connectivity index (χ3v) is 9.50. The van der Waals surface area contributed by atoms with Gasteiger partial charge in [-0.3, -0.25) is 9.69 Å². The van der Waals surface area contributed by atoms with E-state index in [2.05, 4.69) is 4.90 Å². The molecule has 0 atom stereocenters. The molecule has 6 heteroatoms. The summed E-state index contributed by atoms with van der Waals surface area (Å²) in [5.74, 6) is 2.08. The third-order valence-electron chi connectivity index (χ3n) is 9.50. The summed E-state index contributed by atoms with van der Waals surface area (Å²) in [5, 5.41) is 3.64. The number of furan rings is 1. The Kier molecular flexibility index (Phi) is 9.18. The zero-order valence-electron chi connectivity index (χ0n) is 28.0. The van der Waals surface area contributed by atoms with Gasteiger partial charge in [-0.05, 0) is 108 Å². The summed E-state index contributed by atoms with van der Waals surface area (Å²) in [5.41, 5.74) is 4.64. The second-order valence-corrected chi connectivity index (χ2v) is 12.9. The minimum Gasteiger partial charge on any atom is -0.492 e. The number of rotatable bonds is 12. The standard InChI is InChI=1S/C44H39NO5/c46-44(33-14-16-34(17-15-33)47-25-24-45-22-8-3-9-23-45)40-28-42-43(37-20-18-35(26-39(37)40)48-29-31-10-4-1-5-11-31)38-21-19-36(27-41(38)50-42)49-30-32-12-6-2-7-13-32/h1-2,4-7,10-21,26-28H,3,8-9,22-25,29-30H2. The number of likely N-dealkylation sites (tertiary alicyclic amines) is 1. The van der Waals surface area contributed by atoms with Crippen LogP contribution in [0.2, 0.25) is 0 Å². The number of ether oxygens (including phenoxy) is 3. The largest absolute Gasteiger partial charge is 0.492 e. The molecule has 0 bridgehead atoms. The zero-order valence-corrected chi connectivity index (χ0v) is 28.0. The molecule has 250 valence electrons. The van der Waals surface area contributed by atoms with Crippen molar-refractivity contribution < 1.29 is 23.4 Å². The number of benzene rings is 6. The summed E-state index contributed by atoms with van der Waals surface area (Å²) in [7, 11) is 0. The van der Waals surface area contributed by atoms with Crippen molar-refractivity contribution in [2.45, 2.75) is 32.5 Å². The first kappa shape index (κ1) is 31.7. The highest BCUT2D eigenvalue weighted by Crippen LogP contribution is 2.40. The Bertz CT molecular complexity index is 2240. The molecule has 6 nitrogen and oxygen atoms in total. The van der Waals surface area contributed by atoms with E-state index in [0.717, 1.165) is 63.8 Å². The number of nitrogens with zero attached hydrogens (tertiary/aromatic N) is 1. The van der Waals surface area contributed by atoms with Crippen molar-refractivity contribution >= 4 is 38.5 Å². The van der Waals surface area contributed by atoms with E-state index >= 15 is 0 Å². The lowest BCUT2D eigenvalue weighted by Crippen LogP contribution is -2.33. The average molecular weight is 662 g/mol. The van der Waals surface area contributed by atoms with E-state index in [-0.39, 0.29) is 5.78 Å². The lowest BCUT2D eigenvalue weighted by atomic mass is 9.94. The van der Waals surface area contributed by atoms with Crippen LogP contribution in [0.1, 0.15) is 46.3 Å². The molecule has 1 fully saturated rings. The lowest BCUT2D eigenvalue weighted by Gasteiger charge is -2.26. The number of hydrogen-bond donors (Lipinski definition) is 0. The van der Waals surface area contributed by atoms with Crippen LogP contribution in [0.5, 0.6) is 17.2 Å². The van der Waals surface area contributed by atoms with E-state index in [1.54, 1.807) is 0 Å². The van der Waals surface area contributed by atoms with Gasteiger partial charge in [0, 0.05) is 34.5 Å². The summed E-state index contributed by atoms with van der Waals surface area (Å²) in [6.07, 6.45) is 3.84. The van der Waals surface area contributed by atoms with Crippen LogP contribution < -0.4 is 14.2 Å². The minimum atomic E-state index is -0.0932. The van der Waals surface area contributed by atoms with Crippen molar-refractivity contribution in [3.63, 3.8) is 0 Å². The van der Waals surface area contributed by atoms with Gasteiger partial charge in [-0.25, -0.2) is 0 Å². The molecular weight excluding hydrogens is 622 g/mol. The smallest absolute Gasteiger partial charge is 0.193 e. The van der Waals surface area contributed by atoms with Gasteiger partial charge in [-0.1, -0.05) is 67.1 Å². The Morgan fingerprint density at radius 1 is 0.580 bits per heavy atom. The fourth-order valence-electron chi connectivity index (χ4n) is 6.83. The third kappa shape index (κ3) is 6.93. The van der Waals surface area contributed by atoms with Gasteiger partial charge < -0.3 is 18.6 Å². The van der Waals surface area contributed by atoms with Crippen LogP contribution in [0.4, 0.5) is 0 Å². The van der Waals surface area contributed by atoms with E-state index in [4.69, 9.17) is 18.6 Å². The van der Waals surface area contributed by atoms with E-state index in [1.165, 1.54) is 19.3 Å². The van der Waals surface area contributed by atoms with E-state index < -0.39 is 0 Å². The van der Waals surface area contributed by atoms with Crippen molar-refractivity contribution in [1.82, 2.24) is 4.90 Å². The van der Waals surface area contributed by atoms with Crippen molar-refractivity contribution in [3.05, 3.63) is 150 Å². The molecule has 0 saturated carbocycles. The topological polar surface area (TPSA) is 61.1 Å². The fourth-order valence-corrected chi connectivity index (χ4v) is 6.83. The highest BCUT2D eigenvalue weighted by atomic mass is 16.5. The first-order chi connectivity index (χ1) is 24.7.